The molecule has 5 nitrogen and oxygen atoms in total. The van der Waals surface area contributed by atoms with Crippen molar-refractivity contribution in [3.63, 3.8) is 0 Å². The summed E-state index contributed by atoms with van der Waals surface area (Å²) in [6.45, 7) is -2.03. The van der Waals surface area contributed by atoms with E-state index >= 15 is 0 Å². The topological polar surface area (TPSA) is 50.8 Å². The molecule has 0 spiro atoms. The summed E-state index contributed by atoms with van der Waals surface area (Å²) in [5.41, 5.74) is 2.78. The molecule has 1 N–H and O–H groups in total. The van der Waals surface area contributed by atoms with Gasteiger partial charge in [-0.15, -0.1) is 0 Å². The first-order chi connectivity index (χ1) is 12.1. The number of para-hydroxylation sites is 1. The van der Waals surface area contributed by atoms with E-state index in [9.17, 15) is 13.6 Å². The molecule has 0 aromatic heterocycles. The van der Waals surface area contributed by atoms with Crippen LogP contribution in [0.15, 0.2) is 42.5 Å². The molecule has 0 atom stereocenters. The van der Waals surface area contributed by atoms with Crippen LogP contribution in [0, 0.1) is 0 Å². The molecule has 1 aliphatic heterocycles. The maximum Gasteiger partial charge on any atom is 0.387 e. The van der Waals surface area contributed by atoms with E-state index in [0.29, 0.717) is 6.54 Å². The minimum Gasteiger partial charge on any atom is -0.493 e. The van der Waals surface area contributed by atoms with Crippen molar-refractivity contribution >= 4 is 11.7 Å². The Bertz CT molecular complexity index is 768. The van der Waals surface area contributed by atoms with Crippen LogP contribution in [0.1, 0.15) is 11.1 Å². The van der Waals surface area contributed by atoms with Crippen LogP contribution in [0.5, 0.6) is 11.5 Å². The van der Waals surface area contributed by atoms with E-state index in [1.807, 2.05) is 24.3 Å². The van der Waals surface area contributed by atoms with Crippen LogP contribution in [0.4, 0.5) is 19.3 Å². The molecule has 132 valence electrons. The average molecular weight is 348 g/mol. The highest BCUT2D eigenvalue weighted by Gasteiger charge is 2.23. The number of ether oxygens (including phenoxy) is 2. The number of carbonyl (C=O) groups excluding carboxylic acids is 1. The van der Waals surface area contributed by atoms with E-state index in [4.69, 9.17) is 4.74 Å². The Morgan fingerprint density at radius 2 is 2.04 bits per heavy atom. The van der Waals surface area contributed by atoms with Crippen molar-refractivity contribution in [1.82, 2.24) is 5.32 Å². The Morgan fingerprint density at radius 1 is 1.24 bits per heavy atom. The van der Waals surface area contributed by atoms with Gasteiger partial charge in [0.2, 0.25) is 0 Å². The second-order valence-electron chi connectivity index (χ2n) is 5.55. The van der Waals surface area contributed by atoms with Crippen molar-refractivity contribution in [1.29, 1.82) is 0 Å². The van der Waals surface area contributed by atoms with Crippen LogP contribution in [0.2, 0.25) is 0 Å². The Morgan fingerprint density at radius 3 is 2.80 bits per heavy atom. The van der Waals surface area contributed by atoms with Gasteiger partial charge in [0, 0.05) is 18.8 Å². The van der Waals surface area contributed by atoms with Gasteiger partial charge >= 0.3 is 12.6 Å². The fraction of sp³-hybridized carbons (Fsp3) is 0.278. The first-order valence-electron chi connectivity index (χ1n) is 7.83. The lowest BCUT2D eigenvalue weighted by Gasteiger charge is -2.18. The second-order valence-corrected chi connectivity index (χ2v) is 5.55. The smallest absolute Gasteiger partial charge is 0.387 e. The summed E-state index contributed by atoms with van der Waals surface area (Å²) in [5.74, 6) is 0.152. The molecule has 25 heavy (non-hydrogen) atoms. The molecule has 1 heterocycles. The molecule has 3 rings (SSSR count). The first kappa shape index (κ1) is 17.0. The molecular weight excluding hydrogens is 330 g/mol. The number of hydrogen-bond acceptors (Lipinski definition) is 3. The predicted molar refractivity (Wildman–Crippen MR) is 89.4 cm³/mol. The summed E-state index contributed by atoms with van der Waals surface area (Å²) in [6, 6.07) is 12.2. The summed E-state index contributed by atoms with van der Waals surface area (Å²) in [4.78, 5) is 14.1. The number of anilines is 1. The highest BCUT2D eigenvalue weighted by molar-refractivity contribution is 5.94. The van der Waals surface area contributed by atoms with Gasteiger partial charge < -0.3 is 14.8 Å². The van der Waals surface area contributed by atoms with E-state index < -0.39 is 6.61 Å². The van der Waals surface area contributed by atoms with Crippen LogP contribution < -0.4 is 19.7 Å². The number of alkyl halides is 2. The number of methoxy groups -OCH3 is 1. The van der Waals surface area contributed by atoms with Crippen molar-refractivity contribution < 1.29 is 23.0 Å². The Labute approximate surface area is 144 Å². The van der Waals surface area contributed by atoms with Crippen LogP contribution in [-0.2, 0) is 13.0 Å². The zero-order valence-electron chi connectivity index (χ0n) is 13.7. The minimum absolute atomic E-state index is 0.0407. The lowest BCUT2D eigenvalue weighted by atomic mass is 10.2. The summed E-state index contributed by atoms with van der Waals surface area (Å²) in [7, 11) is 1.37. The third-order valence-electron chi connectivity index (χ3n) is 4.02. The van der Waals surface area contributed by atoms with Crippen LogP contribution in [0.25, 0.3) is 0 Å². The fourth-order valence-corrected chi connectivity index (χ4v) is 2.84. The van der Waals surface area contributed by atoms with Crippen LogP contribution in [0.3, 0.4) is 0 Å². The molecule has 0 aliphatic carbocycles. The van der Waals surface area contributed by atoms with Crippen molar-refractivity contribution in [2.75, 3.05) is 18.6 Å². The predicted octanol–water partition coefficient (Wildman–Crippen LogP) is 3.57. The first-order valence-corrected chi connectivity index (χ1v) is 7.83. The molecule has 7 heteroatoms. The fourth-order valence-electron chi connectivity index (χ4n) is 2.84. The normalized spacial score (nSPS) is 12.9. The lowest BCUT2D eigenvalue weighted by Crippen LogP contribution is -2.38. The monoisotopic (exact) mass is 348 g/mol. The Hall–Kier alpha value is -2.83. The molecule has 0 fully saturated rings. The van der Waals surface area contributed by atoms with Gasteiger partial charge in [-0.1, -0.05) is 24.3 Å². The number of amides is 2. The number of nitrogens with zero attached hydrogens (tertiary/aromatic N) is 1. The van der Waals surface area contributed by atoms with Crippen molar-refractivity contribution in [3.8, 4) is 11.5 Å². The van der Waals surface area contributed by atoms with E-state index in [1.165, 1.54) is 13.2 Å². The summed E-state index contributed by atoms with van der Waals surface area (Å²) in [5, 5.41) is 2.84. The maximum atomic E-state index is 12.4. The quantitative estimate of drug-likeness (QED) is 0.899. The maximum absolute atomic E-state index is 12.4. The zero-order valence-corrected chi connectivity index (χ0v) is 13.7. The Balaban J connectivity index is 1.65. The number of urea groups is 1. The standard InChI is InChI=1S/C18H18F2N2O3/c1-24-16-10-12(6-7-15(16)25-17(19)20)11-21-18(23)22-9-8-13-4-2-3-5-14(13)22/h2-7,10,17H,8-9,11H2,1H3,(H,21,23). The van der Waals surface area contributed by atoms with E-state index in [2.05, 4.69) is 10.1 Å². The highest BCUT2D eigenvalue weighted by Crippen LogP contribution is 2.30. The average Bonchev–Trinajstić information content (AvgIpc) is 3.04. The summed E-state index contributed by atoms with van der Waals surface area (Å²) < 4.78 is 34.1. The summed E-state index contributed by atoms with van der Waals surface area (Å²) >= 11 is 0. The molecule has 0 radical (unpaired) electrons. The third-order valence-corrected chi connectivity index (χ3v) is 4.02. The van der Waals surface area contributed by atoms with Gasteiger partial charge in [0.1, 0.15) is 0 Å². The number of rotatable bonds is 5. The van der Waals surface area contributed by atoms with E-state index in [1.54, 1.807) is 17.0 Å². The molecule has 1 aliphatic rings. The largest absolute Gasteiger partial charge is 0.493 e. The Kier molecular flexibility index (Phi) is 5.02. The van der Waals surface area contributed by atoms with E-state index in [0.717, 1.165) is 23.2 Å². The zero-order chi connectivity index (χ0) is 17.8. The van der Waals surface area contributed by atoms with Crippen molar-refractivity contribution in [2.24, 2.45) is 0 Å². The molecular formula is C18H18F2N2O3. The molecule has 0 unspecified atom stereocenters. The molecule has 0 bridgehead atoms. The van der Waals surface area contributed by atoms with Gasteiger partial charge in [0.15, 0.2) is 11.5 Å². The molecule has 0 saturated carbocycles. The van der Waals surface area contributed by atoms with E-state index in [-0.39, 0.29) is 24.1 Å². The number of nitrogens with one attached hydrogen (secondary N) is 1. The van der Waals surface area contributed by atoms with Gasteiger partial charge in [0.25, 0.3) is 0 Å². The minimum atomic E-state index is -2.92. The second kappa shape index (κ2) is 7.38. The molecule has 0 saturated heterocycles. The number of fused-ring (bicyclic) bond motifs is 1. The van der Waals surface area contributed by atoms with Gasteiger partial charge in [-0.2, -0.15) is 8.78 Å². The van der Waals surface area contributed by atoms with Gasteiger partial charge in [-0.05, 0) is 35.7 Å². The SMILES string of the molecule is COc1cc(CNC(=O)N2CCc3ccccc32)ccc1OC(F)F. The lowest BCUT2D eigenvalue weighted by molar-refractivity contribution is -0.0512. The number of benzene rings is 2. The number of halogens is 2. The number of hydrogen-bond donors (Lipinski definition) is 1. The van der Waals surface area contributed by atoms with Crippen molar-refractivity contribution in [2.45, 2.75) is 19.6 Å². The molecule has 2 aromatic rings. The summed E-state index contributed by atoms with van der Waals surface area (Å²) in [6.07, 6.45) is 0.830. The van der Waals surface area contributed by atoms with Gasteiger partial charge in [-0.25, -0.2) is 4.79 Å². The van der Waals surface area contributed by atoms with Crippen LogP contribution >= 0.6 is 0 Å². The molecule has 2 aromatic carbocycles. The number of carbonyl (C=O) groups is 1. The molecule has 2 amide bonds. The van der Waals surface area contributed by atoms with Crippen molar-refractivity contribution in [3.05, 3.63) is 53.6 Å². The van der Waals surface area contributed by atoms with Gasteiger partial charge in [-0.3, -0.25) is 4.90 Å². The van der Waals surface area contributed by atoms with Gasteiger partial charge in [0.05, 0.1) is 7.11 Å². The highest BCUT2D eigenvalue weighted by atomic mass is 19.3. The third kappa shape index (κ3) is 3.81. The van der Waals surface area contributed by atoms with Crippen LogP contribution in [-0.4, -0.2) is 26.3 Å².